The lowest BCUT2D eigenvalue weighted by atomic mass is 9.53. The molecule has 3 heteroatoms. The van der Waals surface area contributed by atoms with Crippen LogP contribution in [0.2, 0.25) is 0 Å². The summed E-state index contributed by atoms with van der Waals surface area (Å²) in [4.78, 5) is 26.8. The van der Waals surface area contributed by atoms with Crippen molar-refractivity contribution in [3.05, 3.63) is 29.3 Å². The number of hydrogen-bond acceptors (Lipinski definition) is 2. The Balaban J connectivity index is 1.98. The molecule has 3 nitrogen and oxygen atoms in total. The van der Waals surface area contributed by atoms with Crippen LogP contribution in [0.15, 0.2) is 18.2 Å². The predicted molar refractivity (Wildman–Crippen MR) is 71.7 cm³/mol. The molecule has 0 radical (unpaired) electrons. The topological polar surface area (TPSA) is 37.4 Å². The first-order valence-corrected chi connectivity index (χ1v) is 7.02. The molecule has 2 amide bonds. The van der Waals surface area contributed by atoms with E-state index in [0.29, 0.717) is 5.92 Å². The van der Waals surface area contributed by atoms with Crippen molar-refractivity contribution in [1.82, 2.24) is 0 Å². The fourth-order valence-electron chi connectivity index (χ4n) is 4.28. The molecule has 1 saturated heterocycles. The number of carbonyl (C=O) groups is 2. The van der Waals surface area contributed by atoms with Gasteiger partial charge in [-0.1, -0.05) is 18.2 Å². The van der Waals surface area contributed by atoms with Gasteiger partial charge in [-0.05, 0) is 50.2 Å². The Labute approximate surface area is 112 Å². The molecule has 1 saturated carbocycles. The molecule has 4 rings (SSSR count). The number of benzene rings is 1. The molecule has 3 atom stereocenters. The minimum absolute atomic E-state index is 0.0289. The average Bonchev–Trinajstić information content (AvgIpc) is 2.57. The van der Waals surface area contributed by atoms with Crippen LogP contribution in [-0.2, 0) is 16.0 Å². The Morgan fingerprint density at radius 1 is 1.32 bits per heavy atom. The van der Waals surface area contributed by atoms with Crippen molar-refractivity contribution in [3.63, 3.8) is 0 Å². The Kier molecular flexibility index (Phi) is 1.93. The van der Waals surface area contributed by atoms with Gasteiger partial charge in [0.25, 0.3) is 0 Å². The van der Waals surface area contributed by atoms with Crippen LogP contribution in [0.5, 0.6) is 0 Å². The van der Waals surface area contributed by atoms with Gasteiger partial charge in [-0.15, -0.1) is 0 Å². The molecular weight excluding hydrogens is 238 g/mol. The third-order valence-corrected chi connectivity index (χ3v) is 5.58. The summed E-state index contributed by atoms with van der Waals surface area (Å²) in [5.74, 6) is 0.373. The number of fused-ring (bicyclic) bond motifs is 3. The van der Waals surface area contributed by atoms with Gasteiger partial charge in [0.2, 0.25) is 11.8 Å². The number of nitrogens with zero attached hydrogens (tertiary/aromatic N) is 1. The fourth-order valence-corrected chi connectivity index (χ4v) is 4.28. The van der Waals surface area contributed by atoms with Crippen molar-refractivity contribution < 1.29 is 9.59 Å². The minimum atomic E-state index is -0.420. The van der Waals surface area contributed by atoms with E-state index in [4.69, 9.17) is 0 Å². The van der Waals surface area contributed by atoms with Crippen molar-refractivity contribution in [2.24, 2.45) is 17.3 Å². The van der Waals surface area contributed by atoms with Crippen LogP contribution in [-0.4, -0.2) is 11.8 Å². The summed E-state index contributed by atoms with van der Waals surface area (Å²) in [6.07, 6.45) is 2.89. The van der Waals surface area contributed by atoms with Crippen molar-refractivity contribution in [1.29, 1.82) is 0 Å². The third-order valence-electron chi connectivity index (χ3n) is 5.58. The normalized spacial score (nSPS) is 35.6. The number of para-hydroxylation sites is 1. The zero-order valence-electron chi connectivity index (χ0n) is 11.3. The summed E-state index contributed by atoms with van der Waals surface area (Å²) < 4.78 is 0. The van der Waals surface area contributed by atoms with E-state index in [1.165, 1.54) is 4.90 Å². The van der Waals surface area contributed by atoms with E-state index in [9.17, 15) is 9.59 Å². The maximum Gasteiger partial charge on any atom is 0.240 e. The predicted octanol–water partition coefficient (Wildman–Crippen LogP) is 2.46. The van der Waals surface area contributed by atoms with E-state index < -0.39 is 5.41 Å². The molecule has 3 unspecified atom stereocenters. The van der Waals surface area contributed by atoms with Crippen LogP contribution >= 0.6 is 0 Å². The quantitative estimate of drug-likeness (QED) is 0.668. The van der Waals surface area contributed by atoms with Crippen molar-refractivity contribution in [3.8, 4) is 0 Å². The van der Waals surface area contributed by atoms with Crippen LogP contribution in [0.25, 0.3) is 0 Å². The number of imide groups is 1. The van der Waals surface area contributed by atoms with Crippen LogP contribution in [0.1, 0.15) is 30.9 Å². The molecular formula is C16H17NO2. The zero-order valence-corrected chi connectivity index (χ0v) is 11.3. The number of amides is 2. The second kappa shape index (κ2) is 3.27. The second-order valence-corrected chi connectivity index (χ2v) is 6.37. The van der Waals surface area contributed by atoms with Gasteiger partial charge in [0.1, 0.15) is 0 Å². The van der Waals surface area contributed by atoms with Crippen molar-refractivity contribution in [2.75, 3.05) is 4.90 Å². The molecule has 1 aliphatic carbocycles. The number of anilines is 1. The second-order valence-electron chi connectivity index (χ2n) is 6.37. The highest BCUT2D eigenvalue weighted by molar-refractivity contribution is 6.25. The Bertz CT molecular complexity index is 621. The van der Waals surface area contributed by atoms with E-state index >= 15 is 0 Å². The van der Waals surface area contributed by atoms with Gasteiger partial charge in [0.05, 0.1) is 17.0 Å². The lowest BCUT2D eigenvalue weighted by Crippen LogP contribution is -2.50. The van der Waals surface area contributed by atoms with E-state index in [-0.39, 0.29) is 17.7 Å². The van der Waals surface area contributed by atoms with E-state index in [2.05, 4.69) is 6.07 Å². The number of carbonyl (C=O) groups excluding carboxylic acids is 2. The van der Waals surface area contributed by atoms with Crippen molar-refractivity contribution in [2.45, 2.75) is 33.1 Å². The molecule has 19 heavy (non-hydrogen) atoms. The van der Waals surface area contributed by atoms with Gasteiger partial charge in [-0.25, -0.2) is 4.90 Å². The fraction of sp³-hybridized carbons (Fsp3) is 0.500. The van der Waals surface area contributed by atoms with Gasteiger partial charge in [-0.2, -0.15) is 0 Å². The molecule has 3 aliphatic rings. The van der Waals surface area contributed by atoms with Crippen LogP contribution < -0.4 is 4.90 Å². The Morgan fingerprint density at radius 2 is 2.11 bits per heavy atom. The monoisotopic (exact) mass is 255 g/mol. The van der Waals surface area contributed by atoms with Crippen LogP contribution in [0, 0.1) is 24.2 Å². The lowest BCUT2D eigenvalue weighted by Gasteiger charge is -2.46. The lowest BCUT2D eigenvalue weighted by molar-refractivity contribution is -0.142. The summed E-state index contributed by atoms with van der Waals surface area (Å²) in [7, 11) is 0. The van der Waals surface area contributed by atoms with Gasteiger partial charge in [0, 0.05) is 0 Å². The van der Waals surface area contributed by atoms with Crippen molar-refractivity contribution >= 4 is 17.5 Å². The minimum Gasteiger partial charge on any atom is -0.274 e. The van der Waals surface area contributed by atoms with Gasteiger partial charge in [0.15, 0.2) is 0 Å². The summed E-state index contributed by atoms with van der Waals surface area (Å²) in [6, 6.07) is 6.06. The van der Waals surface area contributed by atoms with E-state index in [0.717, 1.165) is 36.1 Å². The molecule has 0 spiro atoms. The first kappa shape index (κ1) is 11.2. The first-order chi connectivity index (χ1) is 9.05. The Hall–Kier alpha value is -1.64. The number of hydrogen-bond donors (Lipinski definition) is 0. The molecule has 2 fully saturated rings. The highest BCUT2D eigenvalue weighted by Crippen LogP contribution is 2.61. The maximum atomic E-state index is 12.8. The summed E-state index contributed by atoms with van der Waals surface area (Å²) in [5, 5.41) is 0. The van der Waals surface area contributed by atoms with Crippen LogP contribution in [0.3, 0.4) is 0 Å². The average molecular weight is 255 g/mol. The summed E-state index contributed by atoms with van der Waals surface area (Å²) >= 11 is 0. The zero-order chi connectivity index (χ0) is 13.4. The molecule has 1 aromatic carbocycles. The third kappa shape index (κ3) is 1.10. The molecule has 2 heterocycles. The first-order valence-electron chi connectivity index (χ1n) is 7.02. The number of rotatable bonds is 0. The molecule has 98 valence electrons. The van der Waals surface area contributed by atoms with E-state index in [1.807, 2.05) is 26.0 Å². The number of aryl methyl sites for hydroxylation is 2. The summed E-state index contributed by atoms with van der Waals surface area (Å²) in [6.45, 7) is 3.98. The standard InChI is InChI=1S/C16H17NO2/c1-9-4-3-5-10-6-7-11-8-12-14(18)17(13(9)10)15(19)16(11,12)2/h3-5,11-12H,6-8H2,1-2H3. The van der Waals surface area contributed by atoms with Gasteiger partial charge >= 0.3 is 0 Å². The summed E-state index contributed by atoms with van der Waals surface area (Å²) in [5.41, 5.74) is 2.63. The van der Waals surface area contributed by atoms with Gasteiger partial charge in [-0.3, -0.25) is 9.59 Å². The highest BCUT2D eigenvalue weighted by atomic mass is 16.2. The molecule has 0 aromatic heterocycles. The molecule has 2 aliphatic heterocycles. The smallest absolute Gasteiger partial charge is 0.240 e. The highest BCUT2D eigenvalue weighted by Gasteiger charge is 2.67. The Morgan fingerprint density at radius 3 is 2.89 bits per heavy atom. The van der Waals surface area contributed by atoms with Gasteiger partial charge < -0.3 is 0 Å². The largest absolute Gasteiger partial charge is 0.274 e. The molecule has 2 bridgehead atoms. The molecule has 0 N–H and O–H groups in total. The molecule has 1 aromatic rings. The van der Waals surface area contributed by atoms with Crippen LogP contribution in [0.4, 0.5) is 5.69 Å². The SMILES string of the molecule is Cc1cccc2c1N1C(=O)C3CC(CC2)C3(C)C1=O. The van der Waals surface area contributed by atoms with E-state index in [1.54, 1.807) is 0 Å². The maximum absolute atomic E-state index is 12.8.